The van der Waals surface area contributed by atoms with Gasteiger partial charge in [0.25, 0.3) is 0 Å². The van der Waals surface area contributed by atoms with E-state index in [0.717, 1.165) is 51.4 Å². The van der Waals surface area contributed by atoms with Gasteiger partial charge in [0.15, 0.2) is 0 Å². The Morgan fingerprint density at radius 3 is 1.63 bits per heavy atom. The summed E-state index contributed by atoms with van der Waals surface area (Å²) in [6.07, 6.45) is 48.0. The van der Waals surface area contributed by atoms with Crippen molar-refractivity contribution in [3.05, 3.63) is 72.9 Å². The van der Waals surface area contributed by atoms with Gasteiger partial charge in [0.2, 0.25) is 0 Å². The van der Waals surface area contributed by atoms with Crippen molar-refractivity contribution in [2.75, 3.05) is 54.1 Å². The van der Waals surface area contributed by atoms with Crippen LogP contribution in [0.1, 0.15) is 149 Å². The molecule has 0 spiro atoms. The van der Waals surface area contributed by atoms with E-state index in [9.17, 15) is 14.3 Å². The lowest BCUT2D eigenvalue weighted by Crippen LogP contribution is -2.37. The topological polar surface area (TPSA) is 91.3 Å². The Morgan fingerprint density at radius 2 is 1.07 bits per heavy atom. The van der Waals surface area contributed by atoms with E-state index in [-0.39, 0.29) is 32.2 Å². The standard InChI is InChI=1S/C45H80NO7P/c1-6-8-10-12-14-16-18-20-22-23-24-26-28-30-32-34-36-38-45(47)53-44(43-52-54(48,49)51-41-39-46(3,4)5)42-50-40-37-35-33-31-29-27-25-21-19-17-15-13-11-9-7-2/h8,10,14,16,19-22,24,26,30,32,44H,6-7,9,11-13,15,17-18,23,25,27-29,31,33-43H2,1-5H3/p+1/b10-8-,16-14-,21-19-,22-20-,26-24-,32-30-. The molecule has 0 amide bonds. The zero-order chi connectivity index (χ0) is 39.9. The van der Waals surface area contributed by atoms with Crippen molar-refractivity contribution in [1.29, 1.82) is 0 Å². The first-order chi connectivity index (χ1) is 26.1. The monoisotopic (exact) mass is 779 g/mol. The summed E-state index contributed by atoms with van der Waals surface area (Å²) in [5.41, 5.74) is 0. The van der Waals surface area contributed by atoms with Gasteiger partial charge < -0.3 is 18.9 Å². The highest BCUT2D eigenvalue weighted by atomic mass is 31.2. The minimum atomic E-state index is -4.29. The summed E-state index contributed by atoms with van der Waals surface area (Å²) >= 11 is 0. The second kappa shape index (κ2) is 37.8. The lowest BCUT2D eigenvalue weighted by molar-refractivity contribution is -0.870. The minimum absolute atomic E-state index is 0.0733. The number of allylic oxidation sites excluding steroid dienone is 12. The number of carbonyl (C=O) groups excluding carboxylic acids is 1. The van der Waals surface area contributed by atoms with Crippen molar-refractivity contribution < 1.29 is 37.3 Å². The molecule has 1 N–H and O–H groups in total. The SMILES string of the molecule is CC/C=C\C/C=C\C/C=C\C/C=C\C/C=C\CCCC(=O)OC(COCCCCCCCC/C=C\CCCCCCC)COP(=O)(O)OCC[N+](C)(C)C. The van der Waals surface area contributed by atoms with E-state index in [1.807, 2.05) is 21.1 Å². The summed E-state index contributed by atoms with van der Waals surface area (Å²) in [4.78, 5) is 22.8. The molecule has 0 rings (SSSR count). The molecule has 0 aromatic heterocycles. The van der Waals surface area contributed by atoms with Gasteiger partial charge in [0.1, 0.15) is 19.3 Å². The van der Waals surface area contributed by atoms with Crippen molar-refractivity contribution in [2.24, 2.45) is 0 Å². The van der Waals surface area contributed by atoms with Crippen LogP contribution < -0.4 is 0 Å². The molecule has 2 unspecified atom stereocenters. The summed E-state index contributed by atoms with van der Waals surface area (Å²) in [5.74, 6) is -0.375. The number of ether oxygens (including phenoxy) is 2. The van der Waals surface area contributed by atoms with Gasteiger partial charge in [0.05, 0.1) is 34.4 Å². The molecule has 0 bridgehead atoms. The third-order valence-electron chi connectivity index (χ3n) is 8.50. The highest BCUT2D eigenvalue weighted by Crippen LogP contribution is 2.43. The number of rotatable bonds is 38. The first kappa shape index (κ1) is 51.9. The molecule has 0 fully saturated rings. The average molecular weight is 779 g/mol. The van der Waals surface area contributed by atoms with Crippen molar-refractivity contribution in [1.82, 2.24) is 0 Å². The summed E-state index contributed by atoms with van der Waals surface area (Å²) in [6.45, 7) is 5.38. The predicted molar refractivity (Wildman–Crippen MR) is 228 cm³/mol. The molecule has 0 aromatic carbocycles. The largest absolute Gasteiger partial charge is 0.472 e. The number of quaternary nitrogens is 1. The van der Waals surface area contributed by atoms with E-state index < -0.39 is 13.9 Å². The Bertz CT molecular complexity index is 1090. The van der Waals surface area contributed by atoms with E-state index in [1.165, 1.54) is 70.6 Å². The fourth-order valence-corrected chi connectivity index (χ4v) is 5.97. The number of phosphoric ester groups is 1. The molecular weight excluding hydrogens is 697 g/mol. The van der Waals surface area contributed by atoms with Gasteiger partial charge in [-0.05, 0) is 77.0 Å². The number of nitrogens with zero attached hydrogens (tertiary/aromatic N) is 1. The van der Waals surface area contributed by atoms with Gasteiger partial charge in [-0.25, -0.2) is 4.57 Å². The molecule has 8 nitrogen and oxygen atoms in total. The van der Waals surface area contributed by atoms with Crippen molar-refractivity contribution >= 4 is 13.8 Å². The minimum Gasteiger partial charge on any atom is -0.457 e. The number of hydrogen-bond donors (Lipinski definition) is 1. The third-order valence-corrected chi connectivity index (χ3v) is 9.49. The van der Waals surface area contributed by atoms with Gasteiger partial charge >= 0.3 is 13.8 Å². The Balaban J connectivity index is 4.39. The zero-order valence-electron chi connectivity index (χ0n) is 35.2. The third kappa shape index (κ3) is 41.1. The molecule has 0 radical (unpaired) electrons. The molecular formula is C45H81NO7P+. The summed E-state index contributed by atoms with van der Waals surface area (Å²) in [5, 5.41) is 0. The van der Waals surface area contributed by atoms with E-state index in [2.05, 4.69) is 86.8 Å². The summed E-state index contributed by atoms with van der Waals surface area (Å²) in [7, 11) is 1.62. The number of hydrogen-bond acceptors (Lipinski definition) is 6. The van der Waals surface area contributed by atoms with Crippen LogP contribution in [0.4, 0.5) is 0 Å². The van der Waals surface area contributed by atoms with Crippen molar-refractivity contribution in [3.63, 3.8) is 0 Å². The number of phosphoric acid groups is 1. The number of unbranched alkanes of at least 4 members (excludes halogenated alkanes) is 12. The molecule has 54 heavy (non-hydrogen) atoms. The van der Waals surface area contributed by atoms with Gasteiger partial charge in [0, 0.05) is 13.0 Å². The highest BCUT2D eigenvalue weighted by Gasteiger charge is 2.26. The van der Waals surface area contributed by atoms with Gasteiger partial charge in [-0.1, -0.05) is 138 Å². The second-order valence-corrected chi connectivity index (χ2v) is 16.4. The highest BCUT2D eigenvalue weighted by molar-refractivity contribution is 7.47. The molecule has 0 saturated heterocycles. The van der Waals surface area contributed by atoms with E-state index in [0.29, 0.717) is 24.1 Å². The van der Waals surface area contributed by atoms with Gasteiger partial charge in [-0.2, -0.15) is 0 Å². The van der Waals surface area contributed by atoms with Crippen LogP contribution >= 0.6 is 7.82 Å². The molecule has 2 atom stereocenters. The molecule has 0 aliphatic rings. The fourth-order valence-electron chi connectivity index (χ4n) is 5.23. The molecule has 312 valence electrons. The molecule has 0 heterocycles. The Labute approximate surface area is 332 Å². The smallest absolute Gasteiger partial charge is 0.457 e. The average Bonchev–Trinajstić information content (AvgIpc) is 3.12. The van der Waals surface area contributed by atoms with E-state index in [1.54, 1.807) is 0 Å². The first-order valence-electron chi connectivity index (χ1n) is 21.2. The number of likely N-dealkylation sites (N-methyl/N-ethyl adjacent to an activating group) is 1. The predicted octanol–water partition coefficient (Wildman–Crippen LogP) is 12.3. The Hall–Kier alpha value is -2.06. The van der Waals surface area contributed by atoms with Crippen LogP contribution in [-0.2, 0) is 27.9 Å². The fraction of sp³-hybridized carbons (Fsp3) is 0.711. The first-order valence-corrected chi connectivity index (χ1v) is 22.7. The summed E-state index contributed by atoms with van der Waals surface area (Å²) < 4.78 is 34.9. The van der Waals surface area contributed by atoms with Crippen LogP contribution in [-0.4, -0.2) is 75.6 Å². The number of carbonyl (C=O) groups is 1. The van der Waals surface area contributed by atoms with Crippen LogP contribution in [0.2, 0.25) is 0 Å². The molecule has 9 heteroatoms. The Kier molecular flexibility index (Phi) is 36.4. The summed E-state index contributed by atoms with van der Waals surface area (Å²) in [6, 6.07) is 0. The van der Waals surface area contributed by atoms with Crippen LogP contribution in [0.3, 0.4) is 0 Å². The van der Waals surface area contributed by atoms with Crippen LogP contribution in [0, 0.1) is 0 Å². The van der Waals surface area contributed by atoms with Crippen LogP contribution in [0.25, 0.3) is 0 Å². The normalized spacial score (nSPS) is 14.6. The van der Waals surface area contributed by atoms with Crippen LogP contribution in [0.15, 0.2) is 72.9 Å². The molecule has 0 saturated carbocycles. The lowest BCUT2D eigenvalue weighted by atomic mass is 10.1. The maximum Gasteiger partial charge on any atom is 0.472 e. The van der Waals surface area contributed by atoms with Crippen molar-refractivity contribution in [2.45, 2.75) is 155 Å². The maximum atomic E-state index is 12.7. The Morgan fingerprint density at radius 1 is 0.593 bits per heavy atom. The van der Waals surface area contributed by atoms with Crippen molar-refractivity contribution in [3.8, 4) is 0 Å². The second-order valence-electron chi connectivity index (χ2n) is 15.0. The maximum absolute atomic E-state index is 12.7. The van der Waals surface area contributed by atoms with Gasteiger partial charge in [-0.3, -0.25) is 13.8 Å². The van der Waals surface area contributed by atoms with E-state index >= 15 is 0 Å². The molecule has 0 aliphatic heterocycles. The quantitative estimate of drug-likeness (QED) is 0.0219. The van der Waals surface area contributed by atoms with Crippen LogP contribution in [0.5, 0.6) is 0 Å². The molecule has 0 aliphatic carbocycles. The van der Waals surface area contributed by atoms with E-state index in [4.69, 9.17) is 18.5 Å². The zero-order valence-corrected chi connectivity index (χ0v) is 36.1. The number of esters is 1. The van der Waals surface area contributed by atoms with Gasteiger partial charge in [-0.15, -0.1) is 0 Å². The lowest BCUT2D eigenvalue weighted by Gasteiger charge is -2.24. The molecule has 0 aromatic rings.